The number of carbonyl (C=O) groups excluding carboxylic acids is 1. The smallest absolute Gasteiger partial charge is 0.225 e. The number of likely N-dealkylation sites (tertiary alicyclic amines) is 1. The van der Waals surface area contributed by atoms with Crippen molar-refractivity contribution in [3.05, 3.63) is 0 Å². The van der Waals surface area contributed by atoms with Gasteiger partial charge in [-0.25, -0.2) is 0 Å². The zero-order valence-electron chi connectivity index (χ0n) is 7.51. The van der Waals surface area contributed by atoms with E-state index in [0.717, 1.165) is 0 Å². The molecule has 0 aromatic heterocycles. The minimum absolute atomic E-state index is 0.0139. The maximum Gasteiger partial charge on any atom is 0.225 e. The summed E-state index contributed by atoms with van der Waals surface area (Å²) in [5.41, 5.74) is -1.33. The lowest BCUT2D eigenvalue weighted by molar-refractivity contribution is -0.147. The van der Waals surface area contributed by atoms with E-state index in [1.807, 2.05) is 13.8 Å². The highest BCUT2D eigenvalue weighted by atomic mass is 16.3. The van der Waals surface area contributed by atoms with Crippen molar-refractivity contribution < 1.29 is 9.90 Å². The van der Waals surface area contributed by atoms with Crippen molar-refractivity contribution in [3.8, 4) is 0 Å². The number of rotatable bonds is 0. The van der Waals surface area contributed by atoms with Gasteiger partial charge in [-0.3, -0.25) is 4.79 Å². The van der Waals surface area contributed by atoms with Crippen molar-refractivity contribution >= 4 is 5.91 Å². The van der Waals surface area contributed by atoms with Gasteiger partial charge in [0.2, 0.25) is 5.91 Å². The van der Waals surface area contributed by atoms with Crippen molar-refractivity contribution in [3.63, 3.8) is 0 Å². The Hall–Kier alpha value is -0.570. The molecule has 1 atom stereocenters. The van der Waals surface area contributed by atoms with Crippen LogP contribution in [0.15, 0.2) is 0 Å². The number of aliphatic hydroxyl groups is 1. The molecule has 64 valence electrons. The summed E-state index contributed by atoms with van der Waals surface area (Å²) in [5, 5.41) is 9.87. The van der Waals surface area contributed by atoms with Crippen LogP contribution in [0.4, 0.5) is 0 Å². The van der Waals surface area contributed by atoms with E-state index < -0.39 is 5.72 Å². The first-order valence-corrected chi connectivity index (χ1v) is 3.78. The van der Waals surface area contributed by atoms with Gasteiger partial charge >= 0.3 is 0 Å². The number of hydrogen-bond acceptors (Lipinski definition) is 2. The van der Waals surface area contributed by atoms with Crippen LogP contribution in [0.25, 0.3) is 0 Å². The van der Waals surface area contributed by atoms with E-state index in [4.69, 9.17) is 0 Å². The van der Waals surface area contributed by atoms with E-state index in [9.17, 15) is 9.90 Å². The molecular formula is C8H15NO2. The average Bonchev–Trinajstić information content (AvgIpc) is 1.93. The normalized spacial score (nSPS) is 36.5. The Balaban J connectivity index is 3.01. The van der Waals surface area contributed by atoms with Crippen LogP contribution in [-0.4, -0.2) is 28.7 Å². The molecule has 1 rings (SSSR count). The fourth-order valence-electron chi connectivity index (χ4n) is 1.36. The van der Waals surface area contributed by atoms with Crippen molar-refractivity contribution in [2.45, 2.75) is 32.9 Å². The maximum atomic E-state index is 11.2. The van der Waals surface area contributed by atoms with Gasteiger partial charge in [0, 0.05) is 18.9 Å². The lowest BCUT2D eigenvalue weighted by atomic mass is 9.82. The van der Waals surface area contributed by atoms with Gasteiger partial charge in [0.15, 0.2) is 0 Å². The predicted octanol–water partition coefficient (Wildman–Crippen LogP) is 0.583. The van der Waals surface area contributed by atoms with Gasteiger partial charge in [-0.2, -0.15) is 0 Å². The molecule has 0 spiro atoms. The minimum Gasteiger partial charge on any atom is -0.371 e. The van der Waals surface area contributed by atoms with Gasteiger partial charge in [-0.15, -0.1) is 0 Å². The molecule has 11 heavy (non-hydrogen) atoms. The summed E-state index contributed by atoms with van der Waals surface area (Å²) >= 11 is 0. The van der Waals surface area contributed by atoms with Gasteiger partial charge in [0.1, 0.15) is 5.72 Å². The highest BCUT2D eigenvalue weighted by molar-refractivity contribution is 5.80. The molecule has 0 aliphatic carbocycles. The number of carbonyl (C=O) groups is 1. The highest BCUT2D eigenvalue weighted by Crippen LogP contribution is 2.42. The molecule has 1 amide bonds. The minimum atomic E-state index is -0.996. The number of nitrogens with zero attached hydrogens (tertiary/aromatic N) is 1. The van der Waals surface area contributed by atoms with Crippen molar-refractivity contribution in [2.75, 3.05) is 7.05 Å². The third-order valence-corrected chi connectivity index (χ3v) is 2.90. The topological polar surface area (TPSA) is 40.5 Å². The van der Waals surface area contributed by atoms with Crippen molar-refractivity contribution in [1.29, 1.82) is 0 Å². The second-order valence-corrected chi connectivity index (χ2v) is 4.03. The zero-order valence-corrected chi connectivity index (χ0v) is 7.51. The summed E-state index contributed by atoms with van der Waals surface area (Å²) < 4.78 is 0. The number of hydrogen-bond donors (Lipinski definition) is 1. The molecule has 1 saturated heterocycles. The van der Waals surface area contributed by atoms with E-state index in [2.05, 4.69) is 0 Å². The summed E-state index contributed by atoms with van der Waals surface area (Å²) in [6.45, 7) is 5.47. The van der Waals surface area contributed by atoms with Crippen LogP contribution >= 0.6 is 0 Å². The molecule has 0 aromatic rings. The van der Waals surface area contributed by atoms with Crippen LogP contribution in [0, 0.1) is 5.41 Å². The molecule has 0 aromatic carbocycles. The Morgan fingerprint density at radius 2 is 1.91 bits per heavy atom. The molecule has 0 bridgehead atoms. The molecule has 3 nitrogen and oxygen atoms in total. The first-order valence-electron chi connectivity index (χ1n) is 3.78. The van der Waals surface area contributed by atoms with Crippen LogP contribution in [0.3, 0.4) is 0 Å². The zero-order chi connectivity index (χ0) is 8.86. The third kappa shape index (κ3) is 0.948. The third-order valence-electron chi connectivity index (χ3n) is 2.90. The Morgan fingerprint density at radius 1 is 1.45 bits per heavy atom. The summed E-state index contributed by atoms with van der Waals surface area (Å²) in [4.78, 5) is 12.6. The summed E-state index contributed by atoms with van der Waals surface area (Å²) in [5.74, 6) is 0.0139. The molecule has 3 heteroatoms. The monoisotopic (exact) mass is 157 g/mol. The average molecular weight is 157 g/mol. The molecule has 1 aliphatic heterocycles. The van der Waals surface area contributed by atoms with Crippen LogP contribution in [0.1, 0.15) is 27.2 Å². The van der Waals surface area contributed by atoms with Gasteiger partial charge in [0.25, 0.3) is 0 Å². The second-order valence-electron chi connectivity index (χ2n) is 4.03. The van der Waals surface area contributed by atoms with E-state index in [-0.39, 0.29) is 11.3 Å². The van der Waals surface area contributed by atoms with E-state index in [0.29, 0.717) is 6.42 Å². The van der Waals surface area contributed by atoms with Gasteiger partial charge in [0.05, 0.1) is 0 Å². The standard InChI is InChI=1S/C8H15NO2/c1-7(2)5-6(10)9(4)8(7,3)11/h11H,5H2,1-4H3. The highest BCUT2D eigenvalue weighted by Gasteiger charge is 2.52. The lowest BCUT2D eigenvalue weighted by Crippen LogP contribution is -2.47. The molecule has 0 radical (unpaired) electrons. The molecule has 1 N–H and O–H groups in total. The van der Waals surface area contributed by atoms with Gasteiger partial charge < -0.3 is 10.0 Å². The first-order chi connectivity index (χ1) is 4.79. The first kappa shape index (κ1) is 8.53. The van der Waals surface area contributed by atoms with Crippen LogP contribution in [-0.2, 0) is 4.79 Å². The SMILES string of the molecule is CN1C(=O)CC(C)(C)C1(C)O. The molecule has 1 fully saturated rings. The fourth-order valence-corrected chi connectivity index (χ4v) is 1.36. The van der Waals surface area contributed by atoms with Gasteiger partial charge in [-0.1, -0.05) is 13.8 Å². The molecular weight excluding hydrogens is 142 g/mol. The summed E-state index contributed by atoms with van der Waals surface area (Å²) in [7, 11) is 1.64. The van der Waals surface area contributed by atoms with E-state index >= 15 is 0 Å². The summed E-state index contributed by atoms with van der Waals surface area (Å²) in [6.07, 6.45) is 0.427. The molecule has 1 unspecified atom stereocenters. The Morgan fingerprint density at radius 3 is 2.00 bits per heavy atom. The largest absolute Gasteiger partial charge is 0.371 e. The fraction of sp³-hybridized carbons (Fsp3) is 0.875. The van der Waals surface area contributed by atoms with E-state index in [1.54, 1.807) is 14.0 Å². The Kier molecular flexibility index (Phi) is 1.53. The number of amides is 1. The van der Waals surface area contributed by atoms with Crippen LogP contribution < -0.4 is 0 Å². The van der Waals surface area contributed by atoms with Crippen molar-refractivity contribution in [1.82, 2.24) is 4.90 Å². The molecule has 0 saturated carbocycles. The van der Waals surface area contributed by atoms with E-state index in [1.165, 1.54) is 4.90 Å². The second kappa shape index (κ2) is 1.97. The maximum absolute atomic E-state index is 11.2. The van der Waals surface area contributed by atoms with Crippen LogP contribution in [0.2, 0.25) is 0 Å². The van der Waals surface area contributed by atoms with Crippen LogP contribution in [0.5, 0.6) is 0 Å². The molecule has 1 heterocycles. The Labute approximate surface area is 67.0 Å². The van der Waals surface area contributed by atoms with Crippen molar-refractivity contribution in [2.24, 2.45) is 5.41 Å². The lowest BCUT2D eigenvalue weighted by Gasteiger charge is -2.36. The predicted molar refractivity (Wildman–Crippen MR) is 41.8 cm³/mol. The van der Waals surface area contributed by atoms with Gasteiger partial charge in [-0.05, 0) is 6.92 Å². The quantitative estimate of drug-likeness (QED) is 0.559. The Bertz CT molecular complexity index is 196. The molecule has 1 aliphatic rings. The summed E-state index contributed by atoms with van der Waals surface area (Å²) in [6, 6.07) is 0.